The molecule has 0 aliphatic carbocycles. The molecule has 0 bridgehead atoms. The number of hydrogen-bond acceptors (Lipinski definition) is 5. The van der Waals surface area contributed by atoms with Gasteiger partial charge in [0.2, 0.25) is 0 Å². The van der Waals surface area contributed by atoms with E-state index in [2.05, 4.69) is 12.6 Å². The molecule has 1 aromatic rings. The van der Waals surface area contributed by atoms with Crippen LogP contribution in [-0.4, -0.2) is 34.9 Å². The van der Waals surface area contributed by atoms with Crippen LogP contribution in [0, 0.1) is 0 Å². The number of thioether (sulfide) groups is 1. The van der Waals surface area contributed by atoms with Crippen LogP contribution >= 0.6 is 24.4 Å². The number of thiol groups is 1. The summed E-state index contributed by atoms with van der Waals surface area (Å²) < 4.78 is 5.33. The van der Waals surface area contributed by atoms with Crippen molar-refractivity contribution in [3.63, 3.8) is 0 Å². The molecule has 0 radical (unpaired) electrons. The van der Waals surface area contributed by atoms with Crippen molar-refractivity contribution in [3.05, 3.63) is 18.2 Å². The minimum Gasteiger partial charge on any atom is -0.508 e. The first-order valence-electron chi connectivity index (χ1n) is 4.58. The van der Waals surface area contributed by atoms with E-state index in [1.807, 2.05) is 0 Å². The van der Waals surface area contributed by atoms with E-state index in [4.69, 9.17) is 9.84 Å². The fraction of sp³-hybridized carbons (Fsp3) is 0.400. The summed E-state index contributed by atoms with van der Waals surface area (Å²) in [5, 5.41) is 18.0. The fourth-order valence-electron chi connectivity index (χ4n) is 1.04. The number of benzene rings is 1. The van der Waals surface area contributed by atoms with Crippen molar-refractivity contribution >= 4 is 24.4 Å². The van der Waals surface area contributed by atoms with Crippen molar-refractivity contribution in [3.8, 4) is 11.5 Å². The van der Waals surface area contributed by atoms with Crippen LogP contribution in [0.2, 0.25) is 0 Å². The van der Waals surface area contributed by atoms with Crippen LogP contribution in [0.3, 0.4) is 0 Å². The second-order valence-electron chi connectivity index (χ2n) is 2.78. The molecule has 0 amide bonds. The Kier molecular flexibility index (Phi) is 5.75. The first-order chi connectivity index (χ1) is 7.27. The van der Waals surface area contributed by atoms with E-state index in [1.165, 1.54) is 0 Å². The Labute approximate surface area is 98.9 Å². The highest BCUT2D eigenvalue weighted by atomic mass is 32.2. The van der Waals surface area contributed by atoms with E-state index >= 15 is 0 Å². The molecule has 84 valence electrons. The zero-order chi connectivity index (χ0) is 11.1. The van der Waals surface area contributed by atoms with Gasteiger partial charge in [0, 0.05) is 5.75 Å². The van der Waals surface area contributed by atoms with Crippen LogP contribution in [0.1, 0.15) is 0 Å². The summed E-state index contributed by atoms with van der Waals surface area (Å²) in [6.07, 6.45) is 0. The molecule has 2 N–H and O–H groups in total. The van der Waals surface area contributed by atoms with E-state index in [9.17, 15) is 5.11 Å². The molecule has 0 spiro atoms. The van der Waals surface area contributed by atoms with Crippen LogP contribution in [0.15, 0.2) is 23.1 Å². The molecule has 0 saturated heterocycles. The molecule has 0 unspecified atom stereocenters. The zero-order valence-corrected chi connectivity index (χ0v) is 9.93. The second kappa shape index (κ2) is 6.87. The third-order valence-corrected chi connectivity index (χ3v) is 3.19. The number of aliphatic hydroxyl groups excluding tert-OH is 1. The third kappa shape index (κ3) is 4.24. The van der Waals surface area contributed by atoms with Crippen molar-refractivity contribution in [2.24, 2.45) is 0 Å². The van der Waals surface area contributed by atoms with Gasteiger partial charge in [-0.3, -0.25) is 0 Å². The average Bonchev–Trinajstić information content (AvgIpc) is 2.25. The van der Waals surface area contributed by atoms with Gasteiger partial charge in [0.1, 0.15) is 18.1 Å². The molecule has 0 aliphatic heterocycles. The normalized spacial score (nSPS) is 10.3. The SMILES string of the molecule is OCCOc1ccc(O)cc1SCCS. The Bertz CT molecular complexity index is 305. The third-order valence-electron chi connectivity index (χ3n) is 1.62. The smallest absolute Gasteiger partial charge is 0.133 e. The number of ether oxygens (including phenoxy) is 1. The van der Waals surface area contributed by atoms with Gasteiger partial charge in [-0.15, -0.1) is 11.8 Å². The number of hydrogen-bond donors (Lipinski definition) is 3. The van der Waals surface area contributed by atoms with Gasteiger partial charge in [0.15, 0.2) is 0 Å². The molecule has 0 fully saturated rings. The highest BCUT2D eigenvalue weighted by Crippen LogP contribution is 2.32. The summed E-state index contributed by atoms with van der Waals surface area (Å²) in [5.74, 6) is 2.52. The molecule has 1 aromatic carbocycles. The van der Waals surface area contributed by atoms with Gasteiger partial charge >= 0.3 is 0 Å². The maximum Gasteiger partial charge on any atom is 0.133 e. The standard InChI is InChI=1S/C10H14O3S2/c11-3-4-13-9-2-1-8(12)7-10(9)15-6-5-14/h1-2,7,11-12,14H,3-6H2. The summed E-state index contributed by atoms with van der Waals surface area (Å²) in [4.78, 5) is 0.873. The highest BCUT2D eigenvalue weighted by molar-refractivity contribution is 8.00. The molecule has 5 heteroatoms. The molecule has 0 aliphatic rings. The summed E-state index contributed by atoms with van der Waals surface area (Å²) in [7, 11) is 0. The van der Waals surface area contributed by atoms with Gasteiger partial charge in [-0.05, 0) is 24.0 Å². The predicted octanol–water partition coefficient (Wildman–Crippen LogP) is 1.79. The van der Waals surface area contributed by atoms with E-state index < -0.39 is 0 Å². The predicted molar refractivity (Wildman–Crippen MR) is 65.3 cm³/mol. The average molecular weight is 246 g/mol. The van der Waals surface area contributed by atoms with Crippen molar-refractivity contribution in [2.45, 2.75) is 4.90 Å². The van der Waals surface area contributed by atoms with Crippen molar-refractivity contribution < 1.29 is 14.9 Å². The van der Waals surface area contributed by atoms with E-state index in [0.29, 0.717) is 5.75 Å². The van der Waals surface area contributed by atoms with Crippen molar-refractivity contribution in [1.29, 1.82) is 0 Å². The van der Waals surface area contributed by atoms with E-state index in [0.717, 1.165) is 16.4 Å². The van der Waals surface area contributed by atoms with Gasteiger partial charge in [-0.1, -0.05) is 0 Å². The molecule has 0 saturated carbocycles. The Morgan fingerprint density at radius 3 is 2.87 bits per heavy atom. The van der Waals surface area contributed by atoms with Gasteiger partial charge in [0.05, 0.1) is 11.5 Å². The highest BCUT2D eigenvalue weighted by Gasteiger charge is 2.05. The lowest BCUT2D eigenvalue weighted by atomic mass is 10.3. The Morgan fingerprint density at radius 2 is 2.20 bits per heavy atom. The summed E-state index contributed by atoms with van der Waals surface area (Å²) in [6.45, 7) is 0.247. The maximum absolute atomic E-state index is 9.32. The number of phenols is 1. The van der Waals surface area contributed by atoms with Crippen LogP contribution in [0.25, 0.3) is 0 Å². The lowest BCUT2D eigenvalue weighted by Gasteiger charge is -2.10. The molecular weight excluding hydrogens is 232 g/mol. The topological polar surface area (TPSA) is 49.7 Å². The minimum absolute atomic E-state index is 0.0163. The molecule has 15 heavy (non-hydrogen) atoms. The van der Waals surface area contributed by atoms with Crippen molar-refractivity contribution in [2.75, 3.05) is 24.7 Å². The first-order valence-corrected chi connectivity index (χ1v) is 6.20. The van der Waals surface area contributed by atoms with E-state index in [-0.39, 0.29) is 19.0 Å². The zero-order valence-electron chi connectivity index (χ0n) is 8.22. The Morgan fingerprint density at radius 1 is 1.40 bits per heavy atom. The summed E-state index contributed by atoms with van der Waals surface area (Å²) >= 11 is 5.69. The molecular formula is C10H14O3S2. The van der Waals surface area contributed by atoms with Crippen LogP contribution in [0.4, 0.5) is 0 Å². The van der Waals surface area contributed by atoms with E-state index in [1.54, 1.807) is 30.0 Å². The largest absolute Gasteiger partial charge is 0.508 e. The summed E-state index contributed by atoms with van der Waals surface area (Å²) in [6, 6.07) is 4.92. The molecule has 3 nitrogen and oxygen atoms in total. The van der Waals surface area contributed by atoms with Gasteiger partial charge < -0.3 is 14.9 Å². The molecule has 1 rings (SSSR count). The summed E-state index contributed by atoms with van der Waals surface area (Å²) in [5.41, 5.74) is 0. The lowest BCUT2D eigenvalue weighted by molar-refractivity contribution is 0.198. The van der Waals surface area contributed by atoms with Gasteiger partial charge in [0.25, 0.3) is 0 Å². The maximum atomic E-state index is 9.32. The number of aliphatic hydroxyl groups is 1. The number of aromatic hydroxyl groups is 1. The lowest BCUT2D eigenvalue weighted by Crippen LogP contribution is -2.02. The van der Waals surface area contributed by atoms with Crippen LogP contribution in [0.5, 0.6) is 11.5 Å². The first kappa shape index (κ1) is 12.5. The van der Waals surface area contributed by atoms with Crippen LogP contribution in [-0.2, 0) is 0 Å². The molecule has 0 aromatic heterocycles. The Balaban J connectivity index is 2.73. The van der Waals surface area contributed by atoms with Gasteiger partial charge in [-0.25, -0.2) is 0 Å². The number of rotatable bonds is 6. The molecule has 0 atom stereocenters. The quantitative estimate of drug-likeness (QED) is 0.529. The fourth-order valence-corrected chi connectivity index (χ4v) is 2.10. The Hall–Kier alpha value is -0.520. The van der Waals surface area contributed by atoms with Gasteiger partial charge in [-0.2, -0.15) is 12.6 Å². The van der Waals surface area contributed by atoms with Crippen molar-refractivity contribution in [1.82, 2.24) is 0 Å². The second-order valence-corrected chi connectivity index (χ2v) is 4.36. The van der Waals surface area contributed by atoms with Crippen LogP contribution < -0.4 is 4.74 Å². The number of phenolic OH excluding ortho intramolecular Hbond substituents is 1. The molecule has 0 heterocycles. The minimum atomic E-state index is -0.0163. The monoisotopic (exact) mass is 246 g/mol.